The van der Waals surface area contributed by atoms with E-state index in [2.05, 4.69) is 0 Å². The predicted octanol–water partition coefficient (Wildman–Crippen LogP) is 1.25. The Morgan fingerprint density at radius 1 is 0.500 bits per heavy atom. The molecule has 1 aromatic carbocycles. The number of fused-ring (bicyclic) bond motifs is 2. The Kier molecular flexibility index (Phi) is 10.8. The van der Waals surface area contributed by atoms with Gasteiger partial charge in [-0.25, -0.2) is 0 Å². The maximum atomic E-state index is 10.2. The summed E-state index contributed by atoms with van der Waals surface area (Å²) in [7, 11) is 0. The summed E-state index contributed by atoms with van der Waals surface area (Å²) in [6.45, 7) is 5.46. The summed E-state index contributed by atoms with van der Waals surface area (Å²) in [5.74, 6) is 0.688. The molecule has 0 saturated carbocycles. The van der Waals surface area contributed by atoms with Crippen LogP contribution in [0.2, 0.25) is 0 Å². The van der Waals surface area contributed by atoms with Crippen LogP contribution in [-0.4, -0.2) is 84.4 Å². The number of benzene rings is 1. The molecule has 1 N–H and O–H groups in total. The van der Waals surface area contributed by atoms with E-state index in [-0.39, 0.29) is 5.75 Å². The molecule has 0 atom stereocenters. The third-order valence-electron chi connectivity index (χ3n) is 3.42. The van der Waals surface area contributed by atoms with Crippen molar-refractivity contribution in [3.05, 3.63) is 18.2 Å². The normalized spacial score (nSPS) is 20.0. The summed E-state index contributed by atoms with van der Waals surface area (Å²) in [4.78, 5) is 0. The van der Waals surface area contributed by atoms with Gasteiger partial charge in [-0.2, -0.15) is 0 Å². The molecule has 0 radical (unpaired) electrons. The molecule has 1 aliphatic heterocycles. The Hall–Kier alpha value is -1.58. The lowest BCUT2D eigenvalue weighted by Crippen LogP contribution is -2.15. The lowest BCUT2D eigenvalue weighted by molar-refractivity contribution is -0.0145. The van der Waals surface area contributed by atoms with Crippen molar-refractivity contribution in [2.45, 2.75) is 0 Å². The van der Waals surface area contributed by atoms with Crippen molar-refractivity contribution in [2.75, 3.05) is 79.3 Å². The number of phenolic OH excluding ortho intramolecular Hbond substituents is 1. The largest absolute Gasteiger partial charge is 0.502 e. The first kappa shape index (κ1) is 20.7. The monoisotopic (exact) mass is 372 g/mol. The SMILES string of the molecule is Oc1c2cccc1OCCOCCOCCOCCOCCOCCO2. The number of hydrogen-bond acceptors (Lipinski definition) is 8. The molecular weight excluding hydrogens is 344 g/mol. The van der Waals surface area contributed by atoms with Gasteiger partial charge in [0.2, 0.25) is 5.75 Å². The summed E-state index contributed by atoms with van der Waals surface area (Å²) >= 11 is 0. The van der Waals surface area contributed by atoms with Gasteiger partial charge in [-0.3, -0.25) is 0 Å². The Labute approximate surface area is 153 Å². The van der Waals surface area contributed by atoms with Gasteiger partial charge in [0.25, 0.3) is 0 Å². The first-order valence-corrected chi connectivity index (χ1v) is 8.84. The molecule has 0 amide bonds. The average Bonchev–Trinajstić information content (AvgIpc) is 2.65. The van der Waals surface area contributed by atoms with E-state index in [0.29, 0.717) is 90.8 Å². The van der Waals surface area contributed by atoms with Crippen LogP contribution in [0.3, 0.4) is 0 Å². The van der Waals surface area contributed by atoms with E-state index in [1.165, 1.54) is 0 Å². The second kappa shape index (κ2) is 13.6. The zero-order chi connectivity index (χ0) is 18.3. The van der Waals surface area contributed by atoms with Gasteiger partial charge < -0.3 is 38.3 Å². The van der Waals surface area contributed by atoms with E-state index in [0.717, 1.165) is 0 Å². The summed E-state index contributed by atoms with van der Waals surface area (Å²) < 4.78 is 38.1. The third-order valence-corrected chi connectivity index (χ3v) is 3.42. The zero-order valence-electron chi connectivity index (χ0n) is 15.0. The Morgan fingerprint density at radius 2 is 0.808 bits per heavy atom. The number of ether oxygens (including phenoxy) is 7. The number of rotatable bonds is 0. The minimum atomic E-state index is -0.0266. The number of para-hydroxylation sites is 1. The molecule has 0 aliphatic carbocycles. The molecule has 0 aromatic heterocycles. The minimum absolute atomic E-state index is 0.0266. The quantitative estimate of drug-likeness (QED) is 0.728. The number of phenols is 1. The summed E-state index contributed by atoms with van der Waals surface area (Å²) in [6.07, 6.45) is 0. The molecule has 0 unspecified atom stereocenters. The number of hydrogen-bond donors (Lipinski definition) is 1. The van der Waals surface area contributed by atoms with Crippen LogP contribution in [0.15, 0.2) is 18.2 Å². The first-order valence-electron chi connectivity index (χ1n) is 8.84. The molecular formula is C18H28O8. The van der Waals surface area contributed by atoms with Crippen LogP contribution in [-0.2, 0) is 23.7 Å². The van der Waals surface area contributed by atoms with Crippen molar-refractivity contribution in [1.82, 2.24) is 0 Å². The lowest BCUT2D eigenvalue weighted by atomic mass is 10.3. The molecule has 0 saturated heterocycles. The summed E-state index contributed by atoms with van der Waals surface area (Å²) in [5.41, 5.74) is 0. The van der Waals surface area contributed by atoms with E-state index >= 15 is 0 Å². The van der Waals surface area contributed by atoms with Gasteiger partial charge in [0.05, 0.1) is 66.1 Å². The molecule has 148 valence electrons. The Bertz CT molecular complexity index is 444. The second-order valence-electron chi connectivity index (χ2n) is 5.36. The topological polar surface area (TPSA) is 84.8 Å². The molecule has 1 aromatic rings. The highest BCUT2D eigenvalue weighted by Gasteiger charge is 2.09. The lowest BCUT2D eigenvalue weighted by Gasteiger charge is -2.13. The van der Waals surface area contributed by atoms with Gasteiger partial charge in [0, 0.05) is 0 Å². The molecule has 8 heteroatoms. The standard InChI is InChI=1S/C18H28O8/c19-18-16-2-1-3-17(18)26-15-13-24-11-9-22-7-5-20-4-6-21-8-10-23-12-14-25-16/h1-3,19H,4-15H2. The van der Waals surface area contributed by atoms with Crippen LogP contribution in [0.25, 0.3) is 0 Å². The zero-order valence-corrected chi connectivity index (χ0v) is 15.0. The minimum Gasteiger partial charge on any atom is -0.502 e. The smallest absolute Gasteiger partial charge is 0.200 e. The molecule has 26 heavy (non-hydrogen) atoms. The van der Waals surface area contributed by atoms with Gasteiger partial charge in [-0.15, -0.1) is 0 Å². The van der Waals surface area contributed by atoms with Crippen LogP contribution < -0.4 is 9.47 Å². The van der Waals surface area contributed by atoms with Crippen LogP contribution in [0.1, 0.15) is 0 Å². The Morgan fingerprint density at radius 3 is 1.15 bits per heavy atom. The van der Waals surface area contributed by atoms with Gasteiger partial charge in [-0.1, -0.05) is 6.07 Å². The first-order chi connectivity index (χ1) is 12.9. The van der Waals surface area contributed by atoms with Crippen LogP contribution in [0.4, 0.5) is 0 Å². The van der Waals surface area contributed by atoms with E-state index in [4.69, 9.17) is 33.2 Å². The van der Waals surface area contributed by atoms with Crippen molar-refractivity contribution in [3.63, 3.8) is 0 Å². The predicted molar refractivity (Wildman–Crippen MR) is 93.2 cm³/mol. The summed E-state index contributed by atoms with van der Waals surface area (Å²) in [5, 5.41) is 10.2. The molecule has 0 fully saturated rings. The fraction of sp³-hybridized carbons (Fsp3) is 0.667. The van der Waals surface area contributed by atoms with Crippen molar-refractivity contribution in [3.8, 4) is 17.2 Å². The number of aromatic hydroxyl groups is 1. The van der Waals surface area contributed by atoms with E-state index in [9.17, 15) is 5.11 Å². The van der Waals surface area contributed by atoms with E-state index in [1.54, 1.807) is 18.2 Å². The van der Waals surface area contributed by atoms with Crippen LogP contribution >= 0.6 is 0 Å². The van der Waals surface area contributed by atoms with Gasteiger partial charge in [0.15, 0.2) is 11.5 Å². The Balaban J connectivity index is 1.77. The molecule has 8 nitrogen and oxygen atoms in total. The molecule has 1 aliphatic rings. The van der Waals surface area contributed by atoms with Crippen LogP contribution in [0, 0.1) is 0 Å². The average molecular weight is 372 g/mol. The molecule has 2 bridgehead atoms. The molecule has 2 rings (SSSR count). The highest BCUT2D eigenvalue weighted by Crippen LogP contribution is 2.35. The maximum absolute atomic E-state index is 10.2. The van der Waals surface area contributed by atoms with Gasteiger partial charge >= 0.3 is 0 Å². The fourth-order valence-electron chi connectivity index (χ4n) is 2.14. The fourth-order valence-corrected chi connectivity index (χ4v) is 2.14. The van der Waals surface area contributed by atoms with E-state index in [1.807, 2.05) is 0 Å². The van der Waals surface area contributed by atoms with Crippen molar-refractivity contribution >= 4 is 0 Å². The van der Waals surface area contributed by atoms with E-state index < -0.39 is 0 Å². The van der Waals surface area contributed by atoms with Crippen molar-refractivity contribution < 1.29 is 38.3 Å². The highest BCUT2D eigenvalue weighted by molar-refractivity contribution is 5.49. The second-order valence-corrected chi connectivity index (χ2v) is 5.36. The van der Waals surface area contributed by atoms with Gasteiger partial charge in [-0.05, 0) is 12.1 Å². The summed E-state index contributed by atoms with van der Waals surface area (Å²) in [6, 6.07) is 5.11. The molecule has 0 spiro atoms. The third kappa shape index (κ3) is 8.68. The molecule has 1 heterocycles. The van der Waals surface area contributed by atoms with Gasteiger partial charge in [0.1, 0.15) is 13.2 Å². The highest BCUT2D eigenvalue weighted by atomic mass is 16.6. The van der Waals surface area contributed by atoms with Crippen LogP contribution in [0.5, 0.6) is 17.2 Å². The van der Waals surface area contributed by atoms with Crippen molar-refractivity contribution in [2.24, 2.45) is 0 Å². The van der Waals surface area contributed by atoms with Crippen molar-refractivity contribution in [1.29, 1.82) is 0 Å². The maximum Gasteiger partial charge on any atom is 0.200 e.